The highest BCUT2D eigenvalue weighted by Crippen LogP contribution is 2.24. The van der Waals surface area contributed by atoms with Crippen molar-refractivity contribution in [1.82, 2.24) is 10.3 Å². The molecule has 1 fully saturated rings. The molecule has 0 radical (unpaired) electrons. The fraction of sp³-hybridized carbons (Fsp3) is 0.389. The Morgan fingerprint density at radius 3 is 2.50 bits per heavy atom. The van der Waals surface area contributed by atoms with Gasteiger partial charge in [0.25, 0.3) is 11.8 Å². The Balaban J connectivity index is 1.66. The molecule has 1 aromatic carbocycles. The number of aryl methyl sites for hydroxylation is 1. The van der Waals surface area contributed by atoms with Gasteiger partial charge in [-0.1, -0.05) is 48.8 Å². The van der Waals surface area contributed by atoms with Crippen molar-refractivity contribution in [3.05, 3.63) is 46.5 Å². The maximum absolute atomic E-state index is 12.4. The molecule has 0 spiro atoms. The summed E-state index contributed by atoms with van der Waals surface area (Å²) < 4.78 is 0. The van der Waals surface area contributed by atoms with E-state index in [1.165, 1.54) is 30.6 Å². The van der Waals surface area contributed by atoms with Gasteiger partial charge < -0.3 is 5.32 Å². The molecule has 1 aliphatic carbocycles. The summed E-state index contributed by atoms with van der Waals surface area (Å²) in [6.45, 7) is 1.80. The molecule has 0 bridgehead atoms. The van der Waals surface area contributed by atoms with E-state index in [9.17, 15) is 9.59 Å². The average molecular weight is 343 g/mol. The van der Waals surface area contributed by atoms with Crippen molar-refractivity contribution in [3.8, 4) is 0 Å². The lowest BCUT2D eigenvalue weighted by Gasteiger charge is -2.22. The largest absolute Gasteiger partial charge is 0.349 e. The van der Waals surface area contributed by atoms with E-state index in [1.807, 2.05) is 18.2 Å². The van der Waals surface area contributed by atoms with Crippen molar-refractivity contribution in [1.29, 1.82) is 0 Å². The van der Waals surface area contributed by atoms with Crippen LogP contribution in [0.1, 0.15) is 57.8 Å². The highest BCUT2D eigenvalue weighted by atomic mass is 32.1. The van der Waals surface area contributed by atoms with E-state index in [4.69, 9.17) is 0 Å². The third-order valence-electron chi connectivity index (χ3n) is 4.20. The Bertz CT molecular complexity index is 721. The molecule has 0 saturated heterocycles. The molecule has 0 unspecified atom stereocenters. The van der Waals surface area contributed by atoms with Crippen LogP contribution in [0.15, 0.2) is 30.3 Å². The van der Waals surface area contributed by atoms with Gasteiger partial charge in [0.15, 0.2) is 5.13 Å². The second kappa shape index (κ2) is 7.57. The highest BCUT2D eigenvalue weighted by molar-refractivity contribution is 7.17. The number of anilines is 1. The summed E-state index contributed by atoms with van der Waals surface area (Å²) in [5.41, 5.74) is 1.22. The standard InChI is InChI=1S/C18H21N3O2S/c1-12-15(17(23)20-14-10-6-3-7-11-14)24-18(19-12)21-16(22)13-8-4-2-5-9-13/h2,4-5,8-9,14H,3,6-7,10-11H2,1H3,(H,20,23)(H,19,21,22). The predicted molar refractivity (Wildman–Crippen MR) is 95.6 cm³/mol. The van der Waals surface area contributed by atoms with Crippen molar-refractivity contribution in [2.75, 3.05) is 5.32 Å². The van der Waals surface area contributed by atoms with Crippen LogP contribution >= 0.6 is 11.3 Å². The molecule has 0 aliphatic heterocycles. The van der Waals surface area contributed by atoms with E-state index >= 15 is 0 Å². The Morgan fingerprint density at radius 1 is 1.08 bits per heavy atom. The maximum Gasteiger partial charge on any atom is 0.263 e. The molecule has 1 saturated carbocycles. The van der Waals surface area contributed by atoms with Crippen LogP contribution < -0.4 is 10.6 Å². The van der Waals surface area contributed by atoms with E-state index in [0.717, 1.165) is 12.8 Å². The molecule has 1 aromatic heterocycles. The Labute approximate surface area is 145 Å². The molecule has 126 valence electrons. The quantitative estimate of drug-likeness (QED) is 0.888. The normalized spacial score (nSPS) is 15.0. The van der Waals surface area contributed by atoms with Crippen molar-refractivity contribution in [3.63, 3.8) is 0 Å². The SMILES string of the molecule is Cc1nc(NC(=O)c2ccccc2)sc1C(=O)NC1CCCCC1. The summed E-state index contributed by atoms with van der Waals surface area (Å²) in [5, 5.41) is 6.31. The van der Waals surface area contributed by atoms with Gasteiger partial charge in [-0.15, -0.1) is 0 Å². The number of carbonyl (C=O) groups is 2. The third kappa shape index (κ3) is 4.00. The van der Waals surface area contributed by atoms with E-state index in [0.29, 0.717) is 21.3 Å². The fourth-order valence-electron chi connectivity index (χ4n) is 2.92. The molecule has 5 nitrogen and oxygen atoms in total. The van der Waals surface area contributed by atoms with Gasteiger partial charge in [0.05, 0.1) is 5.69 Å². The van der Waals surface area contributed by atoms with Crippen LogP contribution in [-0.2, 0) is 0 Å². The first-order valence-corrected chi connectivity index (χ1v) is 9.10. The van der Waals surface area contributed by atoms with Crippen LogP contribution in [0.3, 0.4) is 0 Å². The lowest BCUT2D eigenvalue weighted by Crippen LogP contribution is -2.36. The second-order valence-electron chi connectivity index (χ2n) is 6.06. The Hall–Kier alpha value is -2.21. The number of nitrogens with zero attached hydrogens (tertiary/aromatic N) is 1. The summed E-state index contributed by atoms with van der Waals surface area (Å²) in [4.78, 5) is 29.5. The van der Waals surface area contributed by atoms with Crippen LogP contribution in [0.4, 0.5) is 5.13 Å². The van der Waals surface area contributed by atoms with Crippen molar-refractivity contribution < 1.29 is 9.59 Å². The van der Waals surface area contributed by atoms with Gasteiger partial charge in [0.2, 0.25) is 0 Å². The van der Waals surface area contributed by atoms with Gasteiger partial charge in [0.1, 0.15) is 4.88 Å². The first-order chi connectivity index (χ1) is 11.6. The predicted octanol–water partition coefficient (Wildman–Crippen LogP) is 3.77. The van der Waals surface area contributed by atoms with Crippen LogP contribution in [-0.4, -0.2) is 22.8 Å². The summed E-state index contributed by atoms with van der Waals surface area (Å²) in [6, 6.07) is 9.22. The molecule has 2 N–H and O–H groups in total. The maximum atomic E-state index is 12.4. The summed E-state index contributed by atoms with van der Waals surface area (Å²) in [5.74, 6) is -0.305. The topological polar surface area (TPSA) is 71.1 Å². The first kappa shape index (κ1) is 16.6. The average Bonchev–Trinajstić information content (AvgIpc) is 2.97. The molecular formula is C18H21N3O2S. The smallest absolute Gasteiger partial charge is 0.263 e. The van der Waals surface area contributed by atoms with Crippen LogP contribution in [0.2, 0.25) is 0 Å². The number of rotatable bonds is 4. The zero-order valence-electron chi connectivity index (χ0n) is 13.7. The third-order valence-corrected chi connectivity index (χ3v) is 5.27. The molecule has 1 heterocycles. The van der Waals surface area contributed by atoms with Gasteiger partial charge in [-0.2, -0.15) is 0 Å². The number of aromatic nitrogens is 1. The zero-order valence-corrected chi connectivity index (χ0v) is 14.5. The summed E-state index contributed by atoms with van der Waals surface area (Å²) in [7, 11) is 0. The van der Waals surface area contributed by atoms with E-state index in [-0.39, 0.29) is 17.9 Å². The summed E-state index contributed by atoms with van der Waals surface area (Å²) in [6.07, 6.45) is 5.68. The van der Waals surface area contributed by atoms with Gasteiger partial charge >= 0.3 is 0 Å². The number of amides is 2. The highest BCUT2D eigenvalue weighted by Gasteiger charge is 2.21. The van der Waals surface area contributed by atoms with E-state index in [2.05, 4.69) is 15.6 Å². The lowest BCUT2D eigenvalue weighted by molar-refractivity contribution is 0.0930. The fourth-order valence-corrected chi connectivity index (χ4v) is 3.78. The number of carbonyl (C=O) groups excluding carboxylic acids is 2. The minimum atomic E-state index is -0.219. The number of nitrogens with one attached hydrogen (secondary N) is 2. The van der Waals surface area contributed by atoms with Crippen molar-refractivity contribution >= 4 is 28.3 Å². The zero-order chi connectivity index (χ0) is 16.9. The van der Waals surface area contributed by atoms with Crippen LogP contribution in [0.5, 0.6) is 0 Å². The van der Waals surface area contributed by atoms with E-state index in [1.54, 1.807) is 19.1 Å². The van der Waals surface area contributed by atoms with Crippen molar-refractivity contribution in [2.45, 2.75) is 45.1 Å². The molecular weight excluding hydrogens is 322 g/mol. The molecule has 1 aliphatic rings. The molecule has 3 rings (SSSR count). The minimum absolute atomic E-state index is 0.0860. The molecule has 6 heteroatoms. The van der Waals surface area contributed by atoms with Crippen LogP contribution in [0.25, 0.3) is 0 Å². The number of hydrogen-bond donors (Lipinski definition) is 2. The molecule has 24 heavy (non-hydrogen) atoms. The Kier molecular flexibility index (Phi) is 5.25. The second-order valence-corrected chi connectivity index (χ2v) is 7.06. The van der Waals surface area contributed by atoms with Gasteiger partial charge in [0, 0.05) is 11.6 Å². The van der Waals surface area contributed by atoms with Gasteiger partial charge in [-0.05, 0) is 31.9 Å². The van der Waals surface area contributed by atoms with Gasteiger partial charge in [-0.3, -0.25) is 14.9 Å². The number of benzene rings is 1. The minimum Gasteiger partial charge on any atom is -0.349 e. The molecule has 0 atom stereocenters. The summed E-state index contributed by atoms with van der Waals surface area (Å²) >= 11 is 1.22. The van der Waals surface area contributed by atoms with Crippen molar-refractivity contribution in [2.24, 2.45) is 0 Å². The van der Waals surface area contributed by atoms with E-state index < -0.39 is 0 Å². The first-order valence-electron chi connectivity index (χ1n) is 8.28. The van der Waals surface area contributed by atoms with Gasteiger partial charge in [-0.25, -0.2) is 4.98 Å². The molecule has 2 amide bonds. The monoisotopic (exact) mass is 343 g/mol. The Morgan fingerprint density at radius 2 is 1.79 bits per heavy atom. The van der Waals surface area contributed by atoms with Crippen LogP contribution in [0, 0.1) is 6.92 Å². The number of hydrogen-bond acceptors (Lipinski definition) is 4. The molecule has 2 aromatic rings. The lowest BCUT2D eigenvalue weighted by atomic mass is 9.95. The number of thiazole rings is 1.